The summed E-state index contributed by atoms with van der Waals surface area (Å²) in [4.78, 5) is 8.88. The number of rotatable bonds is 8. The van der Waals surface area contributed by atoms with Gasteiger partial charge in [-0.1, -0.05) is 17.3 Å². The molecule has 1 fully saturated rings. The Morgan fingerprint density at radius 3 is 2.79 bits per heavy atom. The normalized spacial score (nSPS) is 14.9. The van der Waals surface area contributed by atoms with E-state index in [9.17, 15) is 0 Å². The van der Waals surface area contributed by atoms with Gasteiger partial charge in [0.1, 0.15) is 0 Å². The molecule has 1 heterocycles. The van der Waals surface area contributed by atoms with Crippen LogP contribution in [0, 0.1) is 6.92 Å². The summed E-state index contributed by atoms with van der Waals surface area (Å²) in [5.74, 6) is 3.36. The van der Waals surface area contributed by atoms with Crippen molar-refractivity contribution in [1.29, 1.82) is 0 Å². The number of guanidine groups is 1. The van der Waals surface area contributed by atoms with Crippen molar-refractivity contribution in [2.45, 2.75) is 58.7 Å². The molecule has 0 saturated heterocycles. The Labute approximate surface area is 165 Å². The molecular weight excluding hydrogens is 358 g/mol. The Hall–Kier alpha value is -2.77. The maximum atomic E-state index is 6.28. The fourth-order valence-corrected chi connectivity index (χ4v) is 3.23. The summed E-state index contributed by atoms with van der Waals surface area (Å²) in [7, 11) is 1.67. The molecule has 0 amide bonds. The van der Waals surface area contributed by atoms with Crippen molar-refractivity contribution >= 4 is 5.96 Å². The lowest BCUT2D eigenvalue weighted by Crippen LogP contribution is -2.36. The third-order valence-corrected chi connectivity index (χ3v) is 4.60. The lowest BCUT2D eigenvalue weighted by Gasteiger charge is -2.19. The number of ether oxygens (including phenoxy) is 2. The van der Waals surface area contributed by atoms with Crippen LogP contribution in [0.2, 0.25) is 0 Å². The molecule has 2 aromatic rings. The molecule has 3 rings (SSSR count). The largest absolute Gasteiger partial charge is 0.493 e. The molecule has 1 aromatic carbocycles. The number of benzene rings is 1. The van der Waals surface area contributed by atoms with Crippen LogP contribution in [0.1, 0.15) is 49.9 Å². The van der Waals surface area contributed by atoms with Crippen molar-refractivity contribution in [2.24, 2.45) is 4.99 Å². The highest BCUT2D eigenvalue weighted by molar-refractivity contribution is 5.79. The summed E-state index contributed by atoms with van der Waals surface area (Å²) in [6.07, 6.45) is 4.88. The van der Waals surface area contributed by atoms with E-state index in [-0.39, 0.29) is 6.10 Å². The molecule has 2 N–H and O–H groups in total. The van der Waals surface area contributed by atoms with Gasteiger partial charge in [-0.2, -0.15) is 4.98 Å². The predicted octanol–water partition coefficient (Wildman–Crippen LogP) is 2.96. The highest BCUT2D eigenvalue weighted by Gasteiger charge is 2.20. The van der Waals surface area contributed by atoms with E-state index in [4.69, 9.17) is 14.0 Å². The van der Waals surface area contributed by atoms with Crippen molar-refractivity contribution in [3.8, 4) is 11.5 Å². The van der Waals surface area contributed by atoms with Crippen molar-refractivity contribution in [3.63, 3.8) is 0 Å². The van der Waals surface area contributed by atoms with Crippen LogP contribution in [0.3, 0.4) is 0 Å². The minimum Gasteiger partial charge on any atom is -0.493 e. The standard InChI is InChI=1S/C20H29N5O3/c1-4-21-20(23-13-18-24-14(2)25-28-18)22-12-15-8-7-11-17(26-3)19(15)27-16-9-5-6-10-16/h7-8,11,16H,4-6,9-10,12-13H2,1-3H3,(H2,21,22,23). The Kier molecular flexibility index (Phi) is 7.11. The fourth-order valence-electron chi connectivity index (χ4n) is 3.23. The van der Waals surface area contributed by atoms with Crippen molar-refractivity contribution in [1.82, 2.24) is 20.8 Å². The molecule has 8 nitrogen and oxygen atoms in total. The van der Waals surface area contributed by atoms with Crippen molar-refractivity contribution in [3.05, 3.63) is 35.5 Å². The van der Waals surface area contributed by atoms with Gasteiger partial charge < -0.3 is 24.6 Å². The van der Waals surface area contributed by atoms with Gasteiger partial charge in [0.05, 0.1) is 26.3 Å². The number of aryl methyl sites for hydroxylation is 1. The molecule has 0 spiro atoms. The maximum absolute atomic E-state index is 6.28. The van der Waals surface area contributed by atoms with E-state index in [0.29, 0.717) is 30.8 Å². The van der Waals surface area contributed by atoms with Crippen LogP contribution in [0.15, 0.2) is 27.7 Å². The first-order chi connectivity index (χ1) is 13.7. The summed E-state index contributed by atoms with van der Waals surface area (Å²) < 4.78 is 16.9. The Morgan fingerprint density at radius 1 is 1.29 bits per heavy atom. The molecule has 8 heteroatoms. The summed E-state index contributed by atoms with van der Waals surface area (Å²) in [5, 5.41) is 10.2. The van der Waals surface area contributed by atoms with Gasteiger partial charge in [-0.3, -0.25) is 0 Å². The molecule has 152 valence electrons. The third kappa shape index (κ3) is 5.37. The molecule has 28 heavy (non-hydrogen) atoms. The number of nitrogens with zero attached hydrogens (tertiary/aromatic N) is 3. The smallest absolute Gasteiger partial charge is 0.246 e. The molecule has 0 bridgehead atoms. The lowest BCUT2D eigenvalue weighted by molar-refractivity contribution is 0.198. The van der Waals surface area contributed by atoms with E-state index >= 15 is 0 Å². The second kappa shape index (κ2) is 9.96. The van der Waals surface area contributed by atoms with Crippen molar-refractivity contribution in [2.75, 3.05) is 13.7 Å². The summed E-state index contributed by atoms with van der Waals surface area (Å²) in [6.45, 7) is 5.45. The molecule has 1 saturated carbocycles. The fraction of sp³-hybridized carbons (Fsp3) is 0.550. The molecule has 0 radical (unpaired) electrons. The zero-order valence-electron chi connectivity index (χ0n) is 16.8. The van der Waals surface area contributed by atoms with E-state index in [1.165, 1.54) is 12.8 Å². The Bertz CT molecular complexity index is 784. The molecule has 0 atom stereocenters. The van der Waals surface area contributed by atoms with Crippen LogP contribution >= 0.6 is 0 Å². The SMILES string of the molecule is CCNC(=NCc1cccc(OC)c1OC1CCCC1)NCc1nc(C)no1. The highest BCUT2D eigenvalue weighted by atomic mass is 16.5. The number of nitrogens with one attached hydrogen (secondary N) is 2. The number of hydrogen-bond acceptors (Lipinski definition) is 6. The summed E-state index contributed by atoms with van der Waals surface area (Å²) in [6, 6.07) is 5.92. The number of para-hydroxylation sites is 1. The minimum atomic E-state index is 0.256. The first-order valence-electron chi connectivity index (χ1n) is 9.83. The average molecular weight is 387 g/mol. The van der Waals surface area contributed by atoms with Crippen LogP contribution in [-0.4, -0.2) is 35.9 Å². The van der Waals surface area contributed by atoms with Gasteiger partial charge in [0.25, 0.3) is 0 Å². The third-order valence-electron chi connectivity index (χ3n) is 4.60. The number of aromatic nitrogens is 2. The Balaban J connectivity index is 1.71. The topological polar surface area (TPSA) is 93.8 Å². The van der Waals surface area contributed by atoms with Crippen LogP contribution in [0.25, 0.3) is 0 Å². The van der Waals surface area contributed by atoms with Gasteiger partial charge in [-0.05, 0) is 45.6 Å². The summed E-state index contributed by atoms with van der Waals surface area (Å²) in [5.41, 5.74) is 0.997. The quantitative estimate of drug-likeness (QED) is 0.531. The van der Waals surface area contributed by atoms with E-state index in [1.54, 1.807) is 14.0 Å². The van der Waals surface area contributed by atoms with E-state index < -0.39 is 0 Å². The molecule has 1 aromatic heterocycles. The van der Waals surface area contributed by atoms with Gasteiger partial charge in [0, 0.05) is 12.1 Å². The first-order valence-corrected chi connectivity index (χ1v) is 9.83. The molecule has 0 aliphatic heterocycles. The van der Waals surface area contributed by atoms with E-state index in [2.05, 4.69) is 25.8 Å². The number of methoxy groups -OCH3 is 1. The van der Waals surface area contributed by atoms with Crippen LogP contribution < -0.4 is 20.1 Å². The van der Waals surface area contributed by atoms with Gasteiger partial charge in [0.15, 0.2) is 23.3 Å². The first kappa shape index (κ1) is 20.0. The second-order valence-electron chi connectivity index (χ2n) is 6.76. The molecule has 0 unspecified atom stereocenters. The lowest BCUT2D eigenvalue weighted by atomic mass is 10.1. The minimum absolute atomic E-state index is 0.256. The van der Waals surface area contributed by atoms with Crippen molar-refractivity contribution < 1.29 is 14.0 Å². The number of hydrogen-bond donors (Lipinski definition) is 2. The van der Waals surface area contributed by atoms with Gasteiger partial charge in [0.2, 0.25) is 5.89 Å². The average Bonchev–Trinajstić information content (AvgIpc) is 3.36. The summed E-state index contributed by atoms with van der Waals surface area (Å²) >= 11 is 0. The Morgan fingerprint density at radius 2 is 2.11 bits per heavy atom. The van der Waals surface area contributed by atoms with Gasteiger partial charge >= 0.3 is 0 Å². The highest BCUT2D eigenvalue weighted by Crippen LogP contribution is 2.35. The zero-order valence-corrected chi connectivity index (χ0v) is 16.8. The zero-order chi connectivity index (χ0) is 19.8. The maximum Gasteiger partial charge on any atom is 0.246 e. The predicted molar refractivity (Wildman–Crippen MR) is 107 cm³/mol. The van der Waals surface area contributed by atoms with E-state index in [1.807, 2.05) is 25.1 Å². The molecule has 1 aliphatic carbocycles. The molecular formula is C20H29N5O3. The van der Waals surface area contributed by atoms with Gasteiger partial charge in [-0.25, -0.2) is 4.99 Å². The van der Waals surface area contributed by atoms with Gasteiger partial charge in [-0.15, -0.1) is 0 Å². The van der Waals surface area contributed by atoms with Crippen LogP contribution in [-0.2, 0) is 13.1 Å². The molecule has 1 aliphatic rings. The monoisotopic (exact) mass is 387 g/mol. The van der Waals surface area contributed by atoms with E-state index in [0.717, 1.165) is 36.4 Å². The van der Waals surface area contributed by atoms with Crippen LogP contribution in [0.4, 0.5) is 0 Å². The number of aliphatic imine (C=N–C) groups is 1. The second-order valence-corrected chi connectivity index (χ2v) is 6.76. The van der Waals surface area contributed by atoms with Crippen LogP contribution in [0.5, 0.6) is 11.5 Å².